The van der Waals surface area contributed by atoms with Gasteiger partial charge in [0.15, 0.2) is 5.96 Å². The van der Waals surface area contributed by atoms with Gasteiger partial charge in [-0.15, -0.1) is 24.0 Å². The fourth-order valence-electron chi connectivity index (χ4n) is 2.43. The van der Waals surface area contributed by atoms with Crippen LogP contribution in [0.3, 0.4) is 0 Å². The number of aliphatic imine (C=N–C) groups is 1. The summed E-state index contributed by atoms with van der Waals surface area (Å²) in [5, 5.41) is 6.66. The first-order valence-corrected chi connectivity index (χ1v) is 5.95. The van der Waals surface area contributed by atoms with Gasteiger partial charge in [-0.25, -0.2) is 0 Å². The molecule has 0 aromatic carbocycles. The van der Waals surface area contributed by atoms with Gasteiger partial charge < -0.3 is 15.4 Å². The molecule has 2 N–H and O–H groups in total. The Bertz CT molecular complexity index is 235. The molecule has 1 aliphatic heterocycles. The molecule has 4 nitrogen and oxygen atoms in total. The van der Waals surface area contributed by atoms with Gasteiger partial charge in [0, 0.05) is 32.7 Å². The molecule has 0 aromatic heterocycles. The Kier molecular flexibility index (Phi) is 6.41. The molecular weight excluding hydrogens is 317 g/mol. The van der Waals surface area contributed by atoms with Crippen molar-refractivity contribution in [2.45, 2.75) is 31.8 Å². The quantitative estimate of drug-likeness (QED) is 0.764. The minimum atomic E-state index is 0. The highest BCUT2D eigenvalue weighted by atomic mass is 127. The fraction of sp³-hybridized carbons (Fsp3) is 0.909. The van der Waals surface area contributed by atoms with Crippen molar-refractivity contribution >= 4 is 29.9 Å². The van der Waals surface area contributed by atoms with E-state index in [1.807, 2.05) is 7.11 Å². The lowest BCUT2D eigenvalue weighted by atomic mass is 10.1. The smallest absolute Gasteiger partial charge is 0.191 e. The summed E-state index contributed by atoms with van der Waals surface area (Å²) >= 11 is 0. The van der Waals surface area contributed by atoms with Gasteiger partial charge in [-0.1, -0.05) is 6.42 Å². The van der Waals surface area contributed by atoms with E-state index in [-0.39, 0.29) is 24.0 Å². The number of nitrogens with one attached hydrogen (secondary N) is 2. The van der Waals surface area contributed by atoms with Crippen LogP contribution in [0.5, 0.6) is 0 Å². The van der Waals surface area contributed by atoms with Crippen LogP contribution in [0.2, 0.25) is 0 Å². The fourth-order valence-corrected chi connectivity index (χ4v) is 2.43. The average molecular weight is 339 g/mol. The summed E-state index contributed by atoms with van der Waals surface area (Å²) in [6, 6.07) is 0. The van der Waals surface area contributed by atoms with E-state index in [1.54, 1.807) is 0 Å². The van der Waals surface area contributed by atoms with Crippen LogP contribution in [0.1, 0.15) is 25.7 Å². The monoisotopic (exact) mass is 339 g/mol. The number of hydrogen-bond acceptors (Lipinski definition) is 4. The van der Waals surface area contributed by atoms with Crippen LogP contribution in [-0.2, 0) is 4.74 Å². The summed E-state index contributed by atoms with van der Waals surface area (Å²) < 4.78 is 5.46. The number of guanidine groups is 1. The Hall–Kier alpha value is -0.0400. The van der Waals surface area contributed by atoms with E-state index in [0.717, 1.165) is 32.0 Å². The lowest BCUT2D eigenvalue weighted by Crippen LogP contribution is -2.43. The Morgan fingerprint density at radius 3 is 3.00 bits per heavy atom. The van der Waals surface area contributed by atoms with Gasteiger partial charge in [-0.05, 0) is 19.3 Å². The van der Waals surface area contributed by atoms with Crippen molar-refractivity contribution in [3.8, 4) is 0 Å². The predicted octanol–water partition coefficient (Wildman–Crippen LogP) is 1.36. The molecule has 1 fully saturated rings. The summed E-state index contributed by atoms with van der Waals surface area (Å²) in [6.45, 7) is 2.99. The highest BCUT2D eigenvalue weighted by Crippen LogP contribution is 2.26. The van der Waals surface area contributed by atoms with Gasteiger partial charge in [0.05, 0.1) is 6.10 Å². The summed E-state index contributed by atoms with van der Waals surface area (Å²) in [7, 11) is 1.82. The van der Waals surface area contributed by atoms with E-state index in [2.05, 4.69) is 15.6 Å². The Labute approximate surface area is 115 Å². The third-order valence-corrected chi connectivity index (χ3v) is 3.32. The van der Waals surface area contributed by atoms with E-state index in [0.29, 0.717) is 12.0 Å². The number of rotatable bonds is 3. The molecule has 1 aliphatic carbocycles. The molecule has 2 aliphatic rings. The van der Waals surface area contributed by atoms with E-state index >= 15 is 0 Å². The lowest BCUT2D eigenvalue weighted by Gasteiger charge is -2.21. The lowest BCUT2D eigenvalue weighted by molar-refractivity contribution is 0.0725. The molecule has 5 heteroatoms. The zero-order chi connectivity index (χ0) is 10.5. The van der Waals surface area contributed by atoms with Crippen molar-refractivity contribution in [3.05, 3.63) is 0 Å². The predicted molar refractivity (Wildman–Crippen MR) is 76.5 cm³/mol. The second kappa shape index (κ2) is 7.32. The van der Waals surface area contributed by atoms with Gasteiger partial charge in [-0.2, -0.15) is 0 Å². The molecule has 2 unspecified atom stereocenters. The molecule has 94 valence electrons. The number of hydrogen-bond donors (Lipinski definition) is 2. The first-order valence-electron chi connectivity index (χ1n) is 5.95. The molecule has 0 spiro atoms. The Morgan fingerprint density at radius 2 is 2.31 bits per heavy atom. The topological polar surface area (TPSA) is 45.6 Å². The average Bonchev–Trinajstić information content (AvgIpc) is 2.75. The van der Waals surface area contributed by atoms with E-state index in [1.165, 1.54) is 19.3 Å². The van der Waals surface area contributed by atoms with Gasteiger partial charge in [0.2, 0.25) is 0 Å². The summed E-state index contributed by atoms with van der Waals surface area (Å²) in [6.07, 6.45) is 5.38. The number of ether oxygens (including phenoxy) is 1. The van der Waals surface area contributed by atoms with Crippen LogP contribution >= 0.6 is 24.0 Å². The molecule has 0 bridgehead atoms. The van der Waals surface area contributed by atoms with E-state index in [9.17, 15) is 0 Å². The van der Waals surface area contributed by atoms with Crippen molar-refractivity contribution in [1.29, 1.82) is 0 Å². The zero-order valence-electron chi connectivity index (χ0n) is 9.87. The SMILES string of the molecule is COC1CCCC1CNC1=NCCCN1.I. The van der Waals surface area contributed by atoms with Crippen LogP contribution in [0.15, 0.2) is 4.99 Å². The Morgan fingerprint density at radius 1 is 1.44 bits per heavy atom. The Balaban J connectivity index is 0.00000128. The number of halogens is 1. The molecule has 2 rings (SSSR count). The second-order valence-corrected chi connectivity index (χ2v) is 4.36. The molecule has 1 heterocycles. The van der Waals surface area contributed by atoms with Crippen LogP contribution < -0.4 is 10.6 Å². The van der Waals surface area contributed by atoms with Crippen LogP contribution in [-0.4, -0.2) is 38.8 Å². The molecule has 0 amide bonds. The minimum absolute atomic E-state index is 0. The van der Waals surface area contributed by atoms with Crippen molar-refractivity contribution in [3.63, 3.8) is 0 Å². The van der Waals surface area contributed by atoms with Crippen molar-refractivity contribution in [2.75, 3.05) is 26.7 Å². The number of methoxy groups -OCH3 is 1. The van der Waals surface area contributed by atoms with Gasteiger partial charge in [-0.3, -0.25) is 4.99 Å². The summed E-state index contributed by atoms with van der Waals surface area (Å²) in [5.74, 6) is 1.63. The third-order valence-electron chi connectivity index (χ3n) is 3.32. The molecular formula is C11H22IN3O. The van der Waals surface area contributed by atoms with Gasteiger partial charge in [0.1, 0.15) is 0 Å². The zero-order valence-corrected chi connectivity index (χ0v) is 12.2. The minimum Gasteiger partial charge on any atom is -0.381 e. The molecule has 0 radical (unpaired) electrons. The van der Waals surface area contributed by atoms with Gasteiger partial charge in [0.25, 0.3) is 0 Å². The maximum Gasteiger partial charge on any atom is 0.191 e. The molecule has 0 aromatic rings. The largest absolute Gasteiger partial charge is 0.381 e. The van der Waals surface area contributed by atoms with E-state index in [4.69, 9.17) is 4.74 Å². The van der Waals surface area contributed by atoms with Crippen molar-refractivity contribution in [2.24, 2.45) is 10.9 Å². The molecule has 16 heavy (non-hydrogen) atoms. The summed E-state index contributed by atoms with van der Waals surface area (Å²) in [4.78, 5) is 4.39. The van der Waals surface area contributed by atoms with Crippen molar-refractivity contribution < 1.29 is 4.74 Å². The first-order chi connectivity index (χ1) is 7.40. The molecule has 1 saturated carbocycles. The normalized spacial score (nSPS) is 28.9. The van der Waals surface area contributed by atoms with Gasteiger partial charge >= 0.3 is 0 Å². The highest BCUT2D eigenvalue weighted by molar-refractivity contribution is 14.0. The second-order valence-electron chi connectivity index (χ2n) is 4.36. The molecule has 2 atom stereocenters. The summed E-state index contributed by atoms with van der Waals surface area (Å²) in [5.41, 5.74) is 0. The number of nitrogens with zero attached hydrogens (tertiary/aromatic N) is 1. The van der Waals surface area contributed by atoms with Crippen LogP contribution in [0.25, 0.3) is 0 Å². The molecule has 0 saturated heterocycles. The van der Waals surface area contributed by atoms with Crippen LogP contribution in [0.4, 0.5) is 0 Å². The van der Waals surface area contributed by atoms with Crippen LogP contribution in [0, 0.1) is 5.92 Å². The first kappa shape index (κ1) is 14.0. The standard InChI is InChI=1S/C11H21N3O.HI/c1-15-10-5-2-4-9(10)8-14-11-12-6-3-7-13-11;/h9-10H,2-8H2,1H3,(H2,12,13,14);1H. The highest BCUT2D eigenvalue weighted by Gasteiger charge is 2.26. The maximum atomic E-state index is 5.46. The third kappa shape index (κ3) is 3.76. The van der Waals surface area contributed by atoms with E-state index < -0.39 is 0 Å². The maximum absolute atomic E-state index is 5.46. The van der Waals surface area contributed by atoms with Crippen molar-refractivity contribution in [1.82, 2.24) is 10.6 Å².